The van der Waals surface area contributed by atoms with Crippen LogP contribution in [0.3, 0.4) is 0 Å². The summed E-state index contributed by atoms with van der Waals surface area (Å²) >= 11 is 0. The SMILES string of the molecule is B.CCCC(CC)(CC)B(CC)CC. The molecule has 0 N–H and O–H groups in total. The second kappa shape index (κ2) is 8.44. The molecule has 0 nitrogen and oxygen atoms in total. The zero-order chi connectivity index (χ0) is 10.3. The predicted octanol–water partition coefficient (Wildman–Crippen LogP) is 3.70. The van der Waals surface area contributed by atoms with Gasteiger partial charge in [0, 0.05) is 0 Å². The Balaban J connectivity index is 0. The summed E-state index contributed by atoms with van der Waals surface area (Å²) in [5, 5.41) is 0.651. The van der Waals surface area contributed by atoms with Crippen LogP contribution in [0.2, 0.25) is 18.0 Å². The molecule has 0 aliphatic rings. The van der Waals surface area contributed by atoms with Gasteiger partial charge in [0.1, 0.15) is 6.71 Å². The summed E-state index contributed by atoms with van der Waals surface area (Å²) in [4.78, 5) is 0. The highest BCUT2D eigenvalue weighted by Crippen LogP contribution is 2.45. The first-order valence-corrected chi connectivity index (χ1v) is 6.20. The van der Waals surface area contributed by atoms with Gasteiger partial charge in [-0.2, -0.15) is 0 Å². The summed E-state index contributed by atoms with van der Waals surface area (Å²) in [6, 6.07) is 0. The standard InChI is InChI=1S/C12H27B.BH3/c1-6-11-12(7-2,8-3)13(9-4)10-5;/h6-11H2,1-5H3;1H3. The topological polar surface area (TPSA) is 0 Å². The molecule has 0 aromatic rings. The lowest BCUT2D eigenvalue weighted by Gasteiger charge is -2.37. The second-order valence-electron chi connectivity index (χ2n) is 4.33. The second-order valence-corrected chi connectivity index (χ2v) is 4.33. The Kier molecular flexibility index (Phi) is 9.98. The van der Waals surface area contributed by atoms with Crippen LogP contribution < -0.4 is 0 Å². The largest absolute Gasteiger partial charge is 0.146 e. The van der Waals surface area contributed by atoms with E-state index in [-0.39, 0.29) is 8.41 Å². The van der Waals surface area contributed by atoms with Gasteiger partial charge < -0.3 is 0 Å². The molecule has 2 heteroatoms. The van der Waals surface area contributed by atoms with Crippen LogP contribution in [0, 0.1) is 0 Å². The average molecular weight is 196 g/mol. The van der Waals surface area contributed by atoms with Gasteiger partial charge in [0.2, 0.25) is 0 Å². The van der Waals surface area contributed by atoms with E-state index in [1.165, 1.54) is 38.3 Å². The fraction of sp³-hybridized carbons (Fsp3) is 1.00. The molecular formula is C12H30B2. The van der Waals surface area contributed by atoms with Crippen LogP contribution in [-0.4, -0.2) is 15.1 Å². The van der Waals surface area contributed by atoms with Gasteiger partial charge in [-0.1, -0.05) is 78.3 Å². The van der Waals surface area contributed by atoms with Crippen LogP contribution in [0.25, 0.3) is 0 Å². The lowest BCUT2D eigenvalue weighted by Crippen LogP contribution is -2.30. The third-order valence-electron chi connectivity index (χ3n) is 4.01. The van der Waals surface area contributed by atoms with E-state index in [0.717, 1.165) is 6.71 Å². The van der Waals surface area contributed by atoms with Crippen molar-refractivity contribution >= 4 is 15.1 Å². The molecule has 0 saturated carbocycles. The third-order valence-corrected chi connectivity index (χ3v) is 4.01. The molecular weight excluding hydrogens is 166 g/mol. The summed E-state index contributed by atoms with van der Waals surface area (Å²) in [5.41, 5.74) is 0. The molecule has 0 saturated heterocycles. The first-order valence-electron chi connectivity index (χ1n) is 6.20. The van der Waals surface area contributed by atoms with Crippen molar-refractivity contribution in [3.8, 4) is 0 Å². The Labute approximate surface area is 93.9 Å². The Morgan fingerprint density at radius 3 is 1.50 bits per heavy atom. The molecule has 0 aliphatic carbocycles. The van der Waals surface area contributed by atoms with E-state index in [1.807, 2.05) is 0 Å². The molecule has 0 spiro atoms. The molecule has 0 atom stereocenters. The van der Waals surface area contributed by atoms with Crippen LogP contribution in [0.1, 0.15) is 60.3 Å². The van der Waals surface area contributed by atoms with Crippen molar-refractivity contribution in [1.82, 2.24) is 0 Å². The molecule has 0 amide bonds. The fourth-order valence-corrected chi connectivity index (χ4v) is 3.04. The normalized spacial score (nSPS) is 10.9. The maximum atomic E-state index is 2.37. The van der Waals surface area contributed by atoms with Crippen LogP contribution in [0.15, 0.2) is 0 Å². The lowest BCUT2D eigenvalue weighted by atomic mass is 9.28. The molecule has 0 aliphatic heterocycles. The van der Waals surface area contributed by atoms with Crippen molar-refractivity contribution in [2.24, 2.45) is 0 Å². The quantitative estimate of drug-likeness (QED) is 0.544. The predicted molar refractivity (Wildman–Crippen MR) is 74.8 cm³/mol. The molecule has 0 fully saturated rings. The molecule has 0 rings (SSSR count). The minimum absolute atomic E-state index is 0. The van der Waals surface area contributed by atoms with Gasteiger partial charge in [-0.15, -0.1) is 0 Å². The highest BCUT2D eigenvalue weighted by molar-refractivity contribution is 6.62. The van der Waals surface area contributed by atoms with Crippen molar-refractivity contribution in [1.29, 1.82) is 0 Å². The van der Waals surface area contributed by atoms with E-state index in [0.29, 0.717) is 5.31 Å². The van der Waals surface area contributed by atoms with Gasteiger partial charge in [-0.25, -0.2) is 0 Å². The molecule has 0 heterocycles. The Morgan fingerprint density at radius 1 is 0.857 bits per heavy atom. The van der Waals surface area contributed by atoms with Crippen molar-refractivity contribution in [3.63, 3.8) is 0 Å². The number of hydrogen-bond acceptors (Lipinski definition) is 0. The van der Waals surface area contributed by atoms with E-state index in [2.05, 4.69) is 34.6 Å². The van der Waals surface area contributed by atoms with E-state index in [1.54, 1.807) is 0 Å². The first-order chi connectivity index (χ1) is 6.20. The number of rotatable bonds is 7. The summed E-state index contributed by atoms with van der Waals surface area (Å²) in [6.07, 6.45) is 8.22. The van der Waals surface area contributed by atoms with Gasteiger partial charge in [0.25, 0.3) is 0 Å². The van der Waals surface area contributed by atoms with E-state index in [4.69, 9.17) is 0 Å². The molecule has 14 heavy (non-hydrogen) atoms. The highest BCUT2D eigenvalue weighted by atomic mass is 14.2. The molecule has 0 radical (unpaired) electrons. The summed E-state index contributed by atoms with van der Waals surface area (Å²) in [5.74, 6) is 0. The van der Waals surface area contributed by atoms with Crippen LogP contribution >= 0.6 is 0 Å². The van der Waals surface area contributed by atoms with Crippen LogP contribution in [0.5, 0.6) is 0 Å². The van der Waals surface area contributed by atoms with E-state index < -0.39 is 0 Å². The number of hydrogen-bond donors (Lipinski definition) is 0. The van der Waals surface area contributed by atoms with Gasteiger partial charge in [-0.3, -0.25) is 0 Å². The lowest BCUT2D eigenvalue weighted by molar-refractivity contribution is 0.458. The first kappa shape index (κ1) is 16.6. The third kappa shape index (κ3) is 3.71. The average Bonchev–Trinajstić information content (AvgIpc) is 2.18. The Bertz CT molecular complexity index is 115. The van der Waals surface area contributed by atoms with Crippen molar-refractivity contribution < 1.29 is 0 Å². The Morgan fingerprint density at radius 2 is 1.29 bits per heavy atom. The smallest absolute Gasteiger partial charge is 0.0766 e. The molecule has 0 unspecified atom stereocenters. The highest BCUT2D eigenvalue weighted by Gasteiger charge is 2.34. The van der Waals surface area contributed by atoms with Gasteiger partial charge in [0.15, 0.2) is 0 Å². The van der Waals surface area contributed by atoms with Gasteiger partial charge >= 0.3 is 0 Å². The van der Waals surface area contributed by atoms with Crippen molar-refractivity contribution in [2.45, 2.75) is 78.3 Å². The van der Waals surface area contributed by atoms with Crippen LogP contribution in [0.4, 0.5) is 0 Å². The summed E-state index contributed by atoms with van der Waals surface area (Å²) < 4.78 is 0. The maximum Gasteiger partial charge on any atom is 0.146 e. The molecule has 0 aromatic heterocycles. The van der Waals surface area contributed by atoms with E-state index >= 15 is 0 Å². The summed E-state index contributed by atoms with van der Waals surface area (Å²) in [7, 11) is 0. The van der Waals surface area contributed by atoms with Crippen molar-refractivity contribution in [3.05, 3.63) is 0 Å². The molecule has 84 valence electrons. The molecule has 0 aromatic carbocycles. The molecule has 0 bridgehead atoms. The Hall–Kier alpha value is 0.130. The fourth-order valence-electron chi connectivity index (χ4n) is 3.04. The van der Waals surface area contributed by atoms with Gasteiger partial charge in [-0.05, 0) is 0 Å². The van der Waals surface area contributed by atoms with Gasteiger partial charge in [0.05, 0.1) is 8.41 Å². The minimum atomic E-state index is 0. The zero-order valence-corrected chi connectivity index (χ0v) is 10.3. The summed E-state index contributed by atoms with van der Waals surface area (Å²) in [6.45, 7) is 12.7. The van der Waals surface area contributed by atoms with Crippen LogP contribution in [-0.2, 0) is 0 Å². The monoisotopic (exact) mass is 196 g/mol. The minimum Gasteiger partial charge on any atom is -0.0766 e. The van der Waals surface area contributed by atoms with Crippen molar-refractivity contribution in [2.75, 3.05) is 0 Å². The zero-order valence-electron chi connectivity index (χ0n) is 10.3. The maximum absolute atomic E-state index is 2.37. The van der Waals surface area contributed by atoms with E-state index in [9.17, 15) is 0 Å².